The number of carbonyl (C=O) groups is 2. The molecule has 1 saturated heterocycles. The molecule has 8 heteroatoms. The average Bonchev–Trinajstić information content (AvgIpc) is 2.98. The Labute approximate surface area is 177 Å². The van der Waals surface area contributed by atoms with E-state index in [1.54, 1.807) is 30.9 Å². The van der Waals surface area contributed by atoms with Gasteiger partial charge >= 0.3 is 5.69 Å². The van der Waals surface area contributed by atoms with Gasteiger partial charge in [-0.1, -0.05) is 30.3 Å². The number of aryl methyl sites for hydroxylation is 1. The van der Waals surface area contributed by atoms with Crippen LogP contribution in [-0.2, 0) is 22.8 Å². The van der Waals surface area contributed by atoms with Gasteiger partial charge in [-0.15, -0.1) is 0 Å². The quantitative estimate of drug-likeness (QED) is 0.531. The summed E-state index contributed by atoms with van der Waals surface area (Å²) in [6, 6.07) is 12.5. The van der Waals surface area contributed by atoms with Crippen molar-refractivity contribution in [3.63, 3.8) is 0 Å². The van der Waals surface area contributed by atoms with Crippen LogP contribution in [0.25, 0.3) is 11.0 Å². The molecule has 2 heterocycles. The van der Waals surface area contributed by atoms with E-state index in [0.717, 1.165) is 5.56 Å². The van der Waals surface area contributed by atoms with Gasteiger partial charge in [0.2, 0.25) is 0 Å². The molecule has 1 aromatic heterocycles. The zero-order valence-corrected chi connectivity index (χ0v) is 18.6. The van der Waals surface area contributed by atoms with E-state index in [1.807, 2.05) is 30.3 Å². The fourth-order valence-corrected chi connectivity index (χ4v) is 6.78. The second-order valence-corrected chi connectivity index (χ2v) is 9.92. The first kappa shape index (κ1) is 20.0. The molecular weight excluding hydrogens is 455 g/mol. The molecule has 2 unspecified atom stereocenters. The second kappa shape index (κ2) is 7.88. The molecule has 6 nitrogen and oxygen atoms in total. The van der Waals surface area contributed by atoms with E-state index in [2.05, 4.69) is 15.9 Å². The lowest BCUT2D eigenvalue weighted by atomic mass is 10.1. The van der Waals surface area contributed by atoms with Gasteiger partial charge in [-0.2, -0.15) is 0 Å². The highest BCUT2D eigenvalue weighted by Crippen LogP contribution is 2.51. The number of nitrogens with zero attached hydrogens (tertiary/aromatic N) is 2. The Bertz CT molecular complexity index is 1170. The maximum absolute atomic E-state index is 13.4. The molecule has 0 aliphatic carbocycles. The molecule has 29 heavy (non-hydrogen) atoms. The Morgan fingerprint density at radius 1 is 1.14 bits per heavy atom. The predicted molar refractivity (Wildman–Crippen MR) is 117 cm³/mol. The van der Waals surface area contributed by atoms with Crippen molar-refractivity contribution in [3.8, 4) is 5.75 Å². The number of fused-ring (bicyclic) bond motifs is 1. The number of ether oxygens (including phenoxy) is 1. The van der Waals surface area contributed by atoms with Crippen molar-refractivity contribution in [2.75, 3.05) is 7.11 Å². The first-order chi connectivity index (χ1) is 13.9. The van der Waals surface area contributed by atoms with E-state index >= 15 is 0 Å². The second-order valence-electron chi connectivity index (χ2n) is 7.02. The zero-order chi connectivity index (χ0) is 20.7. The molecule has 0 spiro atoms. The molecule has 1 aliphatic heterocycles. The van der Waals surface area contributed by atoms with Gasteiger partial charge < -0.3 is 4.74 Å². The van der Waals surface area contributed by atoms with E-state index in [1.165, 1.54) is 4.57 Å². The molecule has 1 fully saturated rings. The molecule has 4 rings (SSSR count). The lowest BCUT2D eigenvalue weighted by Crippen LogP contribution is -2.33. The van der Waals surface area contributed by atoms with Crippen LogP contribution < -0.4 is 10.4 Å². The van der Waals surface area contributed by atoms with Crippen LogP contribution in [0, 0.1) is 0 Å². The van der Waals surface area contributed by atoms with Gasteiger partial charge in [0.05, 0.1) is 22.6 Å². The monoisotopic (exact) mass is 474 g/mol. The highest BCUT2D eigenvalue weighted by molar-refractivity contribution is 9.10. The Hall–Kier alpha value is -2.24. The fraction of sp³-hybridized carbons (Fsp3) is 0.286. The van der Waals surface area contributed by atoms with Crippen LogP contribution in [-0.4, -0.2) is 27.3 Å². The minimum Gasteiger partial charge on any atom is -0.495 e. The predicted octanol–water partition coefficient (Wildman–Crippen LogP) is 4.18. The number of hydrogen-bond donors (Lipinski definition) is 0. The van der Waals surface area contributed by atoms with Crippen molar-refractivity contribution in [1.29, 1.82) is 0 Å². The molecule has 0 radical (unpaired) electrons. The van der Waals surface area contributed by atoms with Gasteiger partial charge in [-0.05, 0) is 40.0 Å². The fourth-order valence-electron chi connectivity index (χ4n) is 3.86. The highest BCUT2D eigenvalue weighted by atomic mass is 79.9. The molecule has 150 valence electrons. The number of aromatic nitrogens is 2. The first-order valence-corrected chi connectivity index (χ1v) is 11.6. The number of carbonyl (C=O) groups excluding carboxylic acids is 2. The average molecular weight is 475 g/mol. The summed E-state index contributed by atoms with van der Waals surface area (Å²) >= 11 is 3.51. The first-order valence-electron chi connectivity index (χ1n) is 9.25. The van der Waals surface area contributed by atoms with Crippen LogP contribution in [0.15, 0.2) is 51.7 Å². The molecule has 1 aliphatic rings. The third-order valence-corrected chi connectivity index (χ3v) is 8.45. The van der Waals surface area contributed by atoms with E-state index in [4.69, 9.17) is 4.74 Å². The largest absolute Gasteiger partial charge is 0.495 e. The van der Waals surface area contributed by atoms with Gasteiger partial charge in [0.1, 0.15) is 11.8 Å². The van der Waals surface area contributed by atoms with Crippen LogP contribution in [0.3, 0.4) is 0 Å². The van der Waals surface area contributed by atoms with Crippen LogP contribution >= 0.6 is 23.9 Å². The number of imidazole rings is 1. The SMILES string of the molecule is COc1ccc2c(c1Br)n(C)c(=O)n2C1CCC(=O)P(Cc2ccccc2)C1=O. The minimum atomic E-state index is -1.49. The Morgan fingerprint density at radius 2 is 1.86 bits per heavy atom. The van der Waals surface area contributed by atoms with Gasteiger partial charge in [-0.25, -0.2) is 4.79 Å². The molecule has 0 bridgehead atoms. The van der Waals surface area contributed by atoms with Crippen LogP contribution in [0.4, 0.5) is 0 Å². The van der Waals surface area contributed by atoms with Crippen LogP contribution in [0.5, 0.6) is 5.75 Å². The van der Waals surface area contributed by atoms with Crippen molar-refractivity contribution in [2.45, 2.75) is 25.0 Å². The molecule has 2 atom stereocenters. The van der Waals surface area contributed by atoms with E-state index < -0.39 is 14.0 Å². The van der Waals surface area contributed by atoms with Crippen molar-refractivity contribution in [2.24, 2.45) is 7.05 Å². The van der Waals surface area contributed by atoms with E-state index in [-0.39, 0.29) is 16.7 Å². The summed E-state index contributed by atoms with van der Waals surface area (Å²) in [6.07, 6.45) is 1.10. The third kappa shape index (κ3) is 3.36. The van der Waals surface area contributed by atoms with Gasteiger partial charge in [0.25, 0.3) is 0 Å². The van der Waals surface area contributed by atoms with E-state index in [9.17, 15) is 14.4 Å². The number of benzene rings is 2. The van der Waals surface area contributed by atoms with Crippen LogP contribution in [0.1, 0.15) is 24.4 Å². The summed E-state index contributed by atoms with van der Waals surface area (Å²) < 4.78 is 9.08. The summed E-state index contributed by atoms with van der Waals surface area (Å²) in [7, 11) is 1.75. The molecule has 0 amide bonds. The van der Waals surface area contributed by atoms with Gasteiger partial charge in [0.15, 0.2) is 11.0 Å². The maximum atomic E-state index is 13.4. The number of methoxy groups -OCH3 is 1. The molecule has 2 aromatic carbocycles. The van der Waals surface area contributed by atoms with E-state index in [0.29, 0.717) is 40.3 Å². The topological polar surface area (TPSA) is 70.3 Å². The maximum Gasteiger partial charge on any atom is 0.329 e. The summed E-state index contributed by atoms with van der Waals surface area (Å²) in [5.74, 6) is 0.613. The normalized spacial score (nSPS) is 19.7. The molecule has 3 aromatic rings. The van der Waals surface area contributed by atoms with Gasteiger partial charge in [0, 0.05) is 27.6 Å². The number of rotatable bonds is 4. The molecule has 0 N–H and O–H groups in total. The molecule has 0 saturated carbocycles. The molecular formula is C21H20BrN2O4P. The lowest BCUT2D eigenvalue weighted by Gasteiger charge is -2.27. The standard InChI is InChI=1S/C21H20BrN2O4P/c1-23-19-14(8-10-16(28-2)18(19)22)24(21(23)27)15-9-11-17(25)29(20(15)26)12-13-6-4-3-5-7-13/h3-8,10,15H,9,11-12H2,1-2H3. The minimum absolute atomic E-state index is 0.0150. The summed E-state index contributed by atoms with van der Waals surface area (Å²) in [6.45, 7) is 0. The third-order valence-electron chi connectivity index (χ3n) is 5.35. The Kier molecular flexibility index (Phi) is 5.45. The van der Waals surface area contributed by atoms with Gasteiger partial charge in [-0.3, -0.25) is 18.7 Å². The number of hydrogen-bond acceptors (Lipinski definition) is 4. The summed E-state index contributed by atoms with van der Waals surface area (Å²) in [4.78, 5) is 39.0. The van der Waals surface area contributed by atoms with Crippen molar-refractivity contribution < 1.29 is 14.3 Å². The Balaban J connectivity index is 1.78. The highest BCUT2D eigenvalue weighted by Gasteiger charge is 2.39. The summed E-state index contributed by atoms with van der Waals surface area (Å²) in [5, 5.41) is 0. The van der Waals surface area contributed by atoms with Crippen molar-refractivity contribution in [3.05, 3.63) is 63.0 Å². The lowest BCUT2D eigenvalue weighted by molar-refractivity contribution is -0.118. The van der Waals surface area contributed by atoms with Crippen molar-refractivity contribution >= 4 is 45.9 Å². The zero-order valence-electron chi connectivity index (χ0n) is 16.1. The smallest absolute Gasteiger partial charge is 0.329 e. The Morgan fingerprint density at radius 3 is 2.55 bits per heavy atom. The van der Waals surface area contributed by atoms with Crippen LogP contribution in [0.2, 0.25) is 0 Å². The number of halogens is 1. The summed E-state index contributed by atoms with van der Waals surface area (Å²) in [5.41, 5.74) is 1.93. The van der Waals surface area contributed by atoms with Crippen molar-refractivity contribution in [1.82, 2.24) is 9.13 Å².